The number of methoxy groups -OCH3 is 1. The Morgan fingerprint density at radius 2 is 1.71 bits per heavy atom. The summed E-state index contributed by atoms with van der Waals surface area (Å²) in [6, 6.07) is 9.30. The van der Waals surface area contributed by atoms with E-state index in [9.17, 15) is 14.4 Å². The topological polar surface area (TPSA) is 100 Å². The minimum absolute atomic E-state index is 0.000151. The van der Waals surface area contributed by atoms with Crippen LogP contribution in [0.4, 0.5) is 17.1 Å². The molecule has 0 aliphatic carbocycles. The molecule has 0 saturated carbocycles. The Hall–Kier alpha value is -2.95. The van der Waals surface area contributed by atoms with Gasteiger partial charge in [0.05, 0.1) is 39.1 Å². The van der Waals surface area contributed by atoms with Crippen molar-refractivity contribution in [2.75, 3.05) is 69.1 Å². The van der Waals surface area contributed by atoms with Crippen molar-refractivity contribution in [3.05, 3.63) is 40.6 Å². The van der Waals surface area contributed by atoms with Crippen LogP contribution in [-0.4, -0.2) is 76.2 Å². The van der Waals surface area contributed by atoms with E-state index in [1.807, 2.05) is 24.3 Å². The fourth-order valence-electron chi connectivity index (χ4n) is 3.17. The summed E-state index contributed by atoms with van der Waals surface area (Å²) in [6.45, 7) is 3.19. The maximum absolute atomic E-state index is 12.3. The summed E-state index contributed by atoms with van der Waals surface area (Å²) in [5.41, 5.74) is 2.19. The maximum atomic E-state index is 12.3. The van der Waals surface area contributed by atoms with Gasteiger partial charge in [0.2, 0.25) is 11.8 Å². The minimum Gasteiger partial charge on any atom is -0.465 e. The standard InChI is InChI=1S/C21H26N4O5S/c1-24(14-19(27)23-17-7-12-31-20(17)21(28)29-2)13-18(26)22-15-3-5-16(6-4-15)25-8-10-30-11-9-25/h3-7,12H,8-11,13-14H2,1-2H3,(H,22,26)(H,23,27). The fraction of sp³-hybridized carbons (Fsp3) is 0.381. The Morgan fingerprint density at radius 3 is 2.35 bits per heavy atom. The summed E-state index contributed by atoms with van der Waals surface area (Å²) >= 11 is 1.19. The van der Waals surface area contributed by atoms with Crippen molar-refractivity contribution >= 4 is 46.2 Å². The van der Waals surface area contributed by atoms with Gasteiger partial charge in [-0.25, -0.2) is 4.79 Å². The number of nitrogens with zero attached hydrogens (tertiary/aromatic N) is 2. The third-order valence-electron chi connectivity index (χ3n) is 4.66. The van der Waals surface area contributed by atoms with Crippen LogP contribution in [0.15, 0.2) is 35.7 Å². The van der Waals surface area contributed by atoms with Gasteiger partial charge in [0.25, 0.3) is 0 Å². The highest BCUT2D eigenvalue weighted by atomic mass is 32.1. The molecule has 1 aromatic heterocycles. The minimum atomic E-state index is -0.502. The first-order valence-corrected chi connectivity index (χ1v) is 10.7. The first-order chi connectivity index (χ1) is 15.0. The van der Waals surface area contributed by atoms with Gasteiger partial charge in [-0.15, -0.1) is 11.3 Å². The highest BCUT2D eigenvalue weighted by Crippen LogP contribution is 2.23. The average molecular weight is 447 g/mol. The van der Waals surface area contributed by atoms with E-state index in [-0.39, 0.29) is 24.9 Å². The summed E-state index contributed by atoms with van der Waals surface area (Å²) in [5.74, 6) is -1.05. The van der Waals surface area contributed by atoms with Crippen molar-refractivity contribution in [1.82, 2.24) is 4.90 Å². The number of anilines is 3. The summed E-state index contributed by atoms with van der Waals surface area (Å²) in [5, 5.41) is 7.22. The van der Waals surface area contributed by atoms with Gasteiger partial charge >= 0.3 is 5.97 Å². The van der Waals surface area contributed by atoms with Crippen molar-refractivity contribution in [3.63, 3.8) is 0 Å². The van der Waals surface area contributed by atoms with Crippen molar-refractivity contribution in [3.8, 4) is 0 Å². The molecule has 0 bridgehead atoms. The number of likely N-dealkylation sites (N-methyl/N-ethyl adjacent to an activating group) is 1. The molecule has 9 nitrogen and oxygen atoms in total. The number of carbonyl (C=O) groups is 3. The molecule has 1 aliphatic heterocycles. The number of morpholine rings is 1. The number of carbonyl (C=O) groups excluding carboxylic acids is 3. The van der Waals surface area contributed by atoms with Gasteiger partial charge in [-0.3, -0.25) is 14.5 Å². The predicted molar refractivity (Wildman–Crippen MR) is 120 cm³/mol. The van der Waals surface area contributed by atoms with Crippen molar-refractivity contribution < 1.29 is 23.9 Å². The van der Waals surface area contributed by atoms with Crippen LogP contribution >= 0.6 is 11.3 Å². The quantitative estimate of drug-likeness (QED) is 0.597. The molecule has 0 atom stereocenters. The van der Waals surface area contributed by atoms with Crippen LogP contribution < -0.4 is 15.5 Å². The van der Waals surface area contributed by atoms with E-state index in [0.717, 1.165) is 32.0 Å². The van der Waals surface area contributed by atoms with E-state index in [1.165, 1.54) is 18.4 Å². The Labute approximate surface area is 184 Å². The number of benzene rings is 1. The van der Waals surface area contributed by atoms with Gasteiger partial charge in [-0.05, 0) is 42.8 Å². The third-order valence-corrected chi connectivity index (χ3v) is 5.56. The molecule has 1 aromatic carbocycles. The summed E-state index contributed by atoms with van der Waals surface area (Å²) in [7, 11) is 2.96. The molecule has 2 N–H and O–H groups in total. The molecular formula is C21H26N4O5S. The molecule has 3 rings (SSSR count). The Balaban J connectivity index is 1.45. The number of amides is 2. The molecule has 31 heavy (non-hydrogen) atoms. The Kier molecular flexibility index (Phi) is 7.99. The van der Waals surface area contributed by atoms with E-state index < -0.39 is 5.97 Å². The van der Waals surface area contributed by atoms with Gasteiger partial charge in [-0.2, -0.15) is 0 Å². The molecule has 0 spiro atoms. The molecule has 1 aliphatic rings. The normalized spacial score (nSPS) is 13.7. The summed E-state index contributed by atoms with van der Waals surface area (Å²) < 4.78 is 10.1. The van der Waals surface area contributed by atoms with Gasteiger partial charge in [-0.1, -0.05) is 0 Å². The number of thiophene rings is 1. The largest absolute Gasteiger partial charge is 0.465 e. The lowest BCUT2D eigenvalue weighted by Crippen LogP contribution is -2.36. The highest BCUT2D eigenvalue weighted by Gasteiger charge is 2.17. The lowest BCUT2D eigenvalue weighted by molar-refractivity contribution is -0.119. The van der Waals surface area contributed by atoms with Crippen LogP contribution in [0.25, 0.3) is 0 Å². The Bertz CT molecular complexity index is 909. The second-order valence-electron chi connectivity index (χ2n) is 7.07. The monoisotopic (exact) mass is 446 g/mol. The molecule has 2 heterocycles. The van der Waals surface area contributed by atoms with E-state index >= 15 is 0 Å². The zero-order valence-corrected chi connectivity index (χ0v) is 18.4. The van der Waals surface area contributed by atoms with E-state index in [2.05, 4.69) is 15.5 Å². The van der Waals surface area contributed by atoms with Crippen molar-refractivity contribution in [1.29, 1.82) is 0 Å². The van der Waals surface area contributed by atoms with Crippen LogP contribution in [0.5, 0.6) is 0 Å². The zero-order chi connectivity index (χ0) is 22.2. The maximum Gasteiger partial charge on any atom is 0.350 e. The Morgan fingerprint density at radius 1 is 1.06 bits per heavy atom. The smallest absolute Gasteiger partial charge is 0.350 e. The summed E-state index contributed by atoms with van der Waals surface area (Å²) in [6.07, 6.45) is 0. The second-order valence-corrected chi connectivity index (χ2v) is 7.99. The highest BCUT2D eigenvalue weighted by molar-refractivity contribution is 7.12. The van der Waals surface area contributed by atoms with Crippen LogP contribution in [0.1, 0.15) is 9.67 Å². The van der Waals surface area contributed by atoms with E-state index in [0.29, 0.717) is 16.3 Å². The summed E-state index contributed by atoms with van der Waals surface area (Å²) in [4.78, 5) is 40.4. The first kappa shape index (κ1) is 22.7. The number of hydrogen-bond acceptors (Lipinski definition) is 8. The predicted octanol–water partition coefficient (Wildman–Crippen LogP) is 1.88. The molecule has 0 unspecified atom stereocenters. The number of nitrogens with one attached hydrogen (secondary N) is 2. The van der Waals surface area contributed by atoms with Gasteiger partial charge in [0, 0.05) is 24.5 Å². The van der Waals surface area contributed by atoms with Gasteiger partial charge in [0.1, 0.15) is 4.88 Å². The van der Waals surface area contributed by atoms with Crippen LogP contribution in [-0.2, 0) is 19.1 Å². The molecule has 2 aromatic rings. The van der Waals surface area contributed by atoms with Crippen molar-refractivity contribution in [2.24, 2.45) is 0 Å². The lowest BCUT2D eigenvalue weighted by atomic mass is 10.2. The number of esters is 1. The van der Waals surface area contributed by atoms with E-state index in [4.69, 9.17) is 9.47 Å². The van der Waals surface area contributed by atoms with Gasteiger partial charge < -0.3 is 25.0 Å². The van der Waals surface area contributed by atoms with Crippen LogP contribution in [0.3, 0.4) is 0 Å². The number of hydrogen-bond donors (Lipinski definition) is 2. The van der Waals surface area contributed by atoms with E-state index in [1.54, 1.807) is 23.4 Å². The molecule has 0 radical (unpaired) electrons. The van der Waals surface area contributed by atoms with Crippen molar-refractivity contribution in [2.45, 2.75) is 0 Å². The lowest BCUT2D eigenvalue weighted by Gasteiger charge is -2.28. The fourth-order valence-corrected chi connectivity index (χ4v) is 3.94. The molecule has 166 valence electrons. The van der Waals surface area contributed by atoms with Gasteiger partial charge in [0.15, 0.2) is 0 Å². The van der Waals surface area contributed by atoms with Crippen LogP contribution in [0, 0.1) is 0 Å². The average Bonchev–Trinajstić information content (AvgIpc) is 3.22. The molecule has 2 amide bonds. The number of rotatable bonds is 8. The SMILES string of the molecule is COC(=O)c1sccc1NC(=O)CN(C)CC(=O)Nc1ccc(N2CCOCC2)cc1. The molecule has 1 saturated heterocycles. The zero-order valence-electron chi connectivity index (χ0n) is 17.6. The molecular weight excluding hydrogens is 420 g/mol. The number of ether oxygens (including phenoxy) is 2. The second kappa shape index (κ2) is 10.9. The van der Waals surface area contributed by atoms with Crippen LogP contribution in [0.2, 0.25) is 0 Å². The first-order valence-electron chi connectivity index (χ1n) is 9.83. The third kappa shape index (κ3) is 6.51. The molecule has 10 heteroatoms. The molecule has 1 fully saturated rings.